The van der Waals surface area contributed by atoms with Crippen LogP contribution in [0.2, 0.25) is 0 Å². The van der Waals surface area contributed by atoms with Crippen LogP contribution in [0.15, 0.2) is 72.8 Å². The molecule has 178 valence electrons. The second-order valence-electron chi connectivity index (χ2n) is 9.62. The molecule has 1 aliphatic rings. The van der Waals surface area contributed by atoms with Gasteiger partial charge in [-0.05, 0) is 66.6 Å². The zero-order valence-corrected chi connectivity index (χ0v) is 20.8. The van der Waals surface area contributed by atoms with E-state index in [0.717, 1.165) is 43.7 Å². The summed E-state index contributed by atoms with van der Waals surface area (Å²) in [7, 11) is 1.62. The number of rotatable bonds is 7. The molecule has 4 rings (SSSR count). The summed E-state index contributed by atoms with van der Waals surface area (Å²) < 4.78 is 5.51. The molecule has 0 aromatic heterocycles. The van der Waals surface area contributed by atoms with Crippen molar-refractivity contribution in [2.75, 3.05) is 25.1 Å². The maximum Gasteiger partial charge on any atom is 0.262 e. The number of para-hydroxylation sites is 1. The van der Waals surface area contributed by atoms with E-state index in [-0.39, 0.29) is 11.9 Å². The zero-order chi connectivity index (χ0) is 24.1. The first-order valence-electron chi connectivity index (χ1n) is 12.3. The Hall–Kier alpha value is -3.11. The van der Waals surface area contributed by atoms with Gasteiger partial charge in [0.2, 0.25) is 0 Å². The predicted octanol–water partition coefficient (Wildman–Crippen LogP) is 6.44. The van der Waals surface area contributed by atoms with Gasteiger partial charge in [-0.3, -0.25) is 9.69 Å². The van der Waals surface area contributed by atoms with Gasteiger partial charge in [-0.2, -0.15) is 0 Å². The molecule has 4 nitrogen and oxygen atoms in total. The quantitative estimate of drug-likeness (QED) is 0.410. The van der Waals surface area contributed by atoms with E-state index in [1.54, 1.807) is 7.11 Å². The first-order chi connectivity index (χ1) is 16.5. The van der Waals surface area contributed by atoms with Gasteiger partial charge < -0.3 is 9.64 Å². The molecule has 1 aliphatic heterocycles. The molecule has 34 heavy (non-hydrogen) atoms. The number of hydrogen-bond donors (Lipinski definition) is 0. The molecule has 0 atom stereocenters. The van der Waals surface area contributed by atoms with Gasteiger partial charge in [0, 0.05) is 31.4 Å². The first-order valence-corrected chi connectivity index (χ1v) is 12.3. The van der Waals surface area contributed by atoms with E-state index in [1.807, 2.05) is 41.3 Å². The van der Waals surface area contributed by atoms with Crippen molar-refractivity contribution in [2.24, 2.45) is 0 Å². The average molecular weight is 457 g/mol. The van der Waals surface area contributed by atoms with Crippen LogP contribution in [0.4, 0.5) is 5.69 Å². The minimum atomic E-state index is 0.00535. The van der Waals surface area contributed by atoms with Crippen LogP contribution in [0, 0.1) is 6.92 Å². The number of carbonyl (C=O) groups excluding carboxylic acids is 1. The Bertz CT molecular complexity index is 1100. The summed E-state index contributed by atoms with van der Waals surface area (Å²) in [5, 5.41) is 0. The molecule has 1 heterocycles. The van der Waals surface area contributed by atoms with Crippen molar-refractivity contribution in [1.29, 1.82) is 0 Å². The average Bonchev–Trinajstić information content (AvgIpc) is 2.85. The monoisotopic (exact) mass is 456 g/mol. The molecule has 0 aliphatic carbocycles. The SMILES string of the molecule is COc1ccccc1C(=O)N(c1cccc(C)c1)C1CCN(Cc2ccc(C(C)C)cc2)CC1. The highest BCUT2D eigenvalue weighted by Crippen LogP contribution is 2.30. The van der Waals surface area contributed by atoms with Crippen molar-refractivity contribution in [3.05, 3.63) is 95.1 Å². The summed E-state index contributed by atoms with van der Waals surface area (Å²) in [6.45, 7) is 9.42. The van der Waals surface area contributed by atoms with Gasteiger partial charge in [0.25, 0.3) is 5.91 Å². The lowest BCUT2D eigenvalue weighted by molar-refractivity contribution is 0.0955. The van der Waals surface area contributed by atoms with Crippen LogP contribution in [-0.2, 0) is 6.54 Å². The molecule has 3 aromatic carbocycles. The fourth-order valence-corrected chi connectivity index (χ4v) is 4.82. The van der Waals surface area contributed by atoms with E-state index in [4.69, 9.17) is 4.74 Å². The molecular formula is C30H36N2O2. The van der Waals surface area contributed by atoms with Crippen molar-refractivity contribution < 1.29 is 9.53 Å². The predicted molar refractivity (Wildman–Crippen MR) is 140 cm³/mol. The third-order valence-corrected chi connectivity index (χ3v) is 6.81. The largest absolute Gasteiger partial charge is 0.496 e. The summed E-state index contributed by atoms with van der Waals surface area (Å²) in [6, 6.07) is 24.9. The molecule has 1 fully saturated rings. The standard InChI is InChI=1S/C30H36N2O2/c1-22(2)25-14-12-24(13-15-25)21-31-18-16-26(17-19-31)32(27-9-7-8-23(3)20-27)30(33)28-10-5-6-11-29(28)34-4/h5-15,20,22,26H,16-19,21H2,1-4H3. The Morgan fingerprint density at radius 1 is 1.00 bits per heavy atom. The van der Waals surface area contributed by atoms with Gasteiger partial charge in [-0.15, -0.1) is 0 Å². The molecule has 0 radical (unpaired) electrons. The lowest BCUT2D eigenvalue weighted by Gasteiger charge is -2.39. The molecule has 0 saturated carbocycles. The highest BCUT2D eigenvalue weighted by atomic mass is 16.5. The second kappa shape index (κ2) is 10.9. The van der Waals surface area contributed by atoms with E-state index in [0.29, 0.717) is 17.2 Å². The third-order valence-electron chi connectivity index (χ3n) is 6.81. The smallest absolute Gasteiger partial charge is 0.262 e. The number of carbonyl (C=O) groups is 1. The topological polar surface area (TPSA) is 32.8 Å². The number of ether oxygens (including phenoxy) is 1. The number of piperidine rings is 1. The summed E-state index contributed by atoms with van der Waals surface area (Å²) in [5.74, 6) is 1.18. The summed E-state index contributed by atoms with van der Waals surface area (Å²) >= 11 is 0. The summed E-state index contributed by atoms with van der Waals surface area (Å²) in [5.41, 5.74) is 5.45. The van der Waals surface area contributed by atoms with Gasteiger partial charge in [0.15, 0.2) is 0 Å². The molecule has 0 bridgehead atoms. The van der Waals surface area contributed by atoms with Gasteiger partial charge in [-0.1, -0.05) is 62.4 Å². The van der Waals surface area contributed by atoms with E-state index < -0.39 is 0 Å². The molecular weight excluding hydrogens is 420 g/mol. The zero-order valence-electron chi connectivity index (χ0n) is 20.8. The molecule has 0 spiro atoms. The number of hydrogen-bond acceptors (Lipinski definition) is 3. The molecule has 4 heteroatoms. The number of aryl methyl sites for hydroxylation is 1. The highest BCUT2D eigenvalue weighted by molar-refractivity contribution is 6.08. The van der Waals surface area contributed by atoms with Crippen molar-refractivity contribution in [3.8, 4) is 5.75 Å². The Morgan fingerprint density at radius 3 is 2.35 bits per heavy atom. The number of anilines is 1. The van der Waals surface area contributed by atoms with Crippen molar-refractivity contribution in [3.63, 3.8) is 0 Å². The minimum Gasteiger partial charge on any atom is -0.496 e. The van der Waals surface area contributed by atoms with Crippen LogP contribution < -0.4 is 9.64 Å². The van der Waals surface area contributed by atoms with Crippen molar-refractivity contribution in [1.82, 2.24) is 4.90 Å². The van der Waals surface area contributed by atoms with Crippen molar-refractivity contribution in [2.45, 2.75) is 52.1 Å². The molecule has 0 unspecified atom stereocenters. The van der Waals surface area contributed by atoms with Crippen LogP contribution in [-0.4, -0.2) is 37.0 Å². The van der Waals surface area contributed by atoms with Crippen LogP contribution in [0.3, 0.4) is 0 Å². The number of nitrogens with zero attached hydrogens (tertiary/aromatic N) is 2. The van der Waals surface area contributed by atoms with Gasteiger partial charge in [0.05, 0.1) is 12.7 Å². The van der Waals surface area contributed by atoms with Crippen LogP contribution in [0.25, 0.3) is 0 Å². The van der Waals surface area contributed by atoms with Gasteiger partial charge in [0.1, 0.15) is 5.75 Å². The van der Waals surface area contributed by atoms with Crippen molar-refractivity contribution >= 4 is 11.6 Å². The van der Waals surface area contributed by atoms with Gasteiger partial charge >= 0.3 is 0 Å². The third kappa shape index (κ3) is 5.51. The maximum atomic E-state index is 13.8. The van der Waals surface area contributed by atoms with E-state index in [1.165, 1.54) is 11.1 Å². The van der Waals surface area contributed by atoms with E-state index >= 15 is 0 Å². The Labute approximate surface area is 204 Å². The molecule has 1 saturated heterocycles. The normalized spacial score (nSPS) is 14.9. The number of benzene rings is 3. The lowest BCUT2D eigenvalue weighted by atomic mass is 9.98. The summed E-state index contributed by atoms with van der Waals surface area (Å²) in [6.07, 6.45) is 1.89. The minimum absolute atomic E-state index is 0.00535. The molecule has 1 amide bonds. The maximum absolute atomic E-state index is 13.8. The number of methoxy groups -OCH3 is 1. The Balaban J connectivity index is 1.51. The molecule has 3 aromatic rings. The van der Waals surface area contributed by atoms with E-state index in [9.17, 15) is 4.79 Å². The second-order valence-corrected chi connectivity index (χ2v) is 9.62. The lowest BCUT2D eigenvalue weighted by Crippen LogP contribution is -2.47. The van der Waals surface area contributed by atoms with Crippen LogP contribution in [0.5, 0.6) is 5.75 Å². The van der Waals surface area contributed by atoms with E-state index in [2.05, 4.69) is 62.1 Å². The number of likely N-dealkylation sites (tertiary alicyclic amines) is 1. The van der Waals surface area contributed by atoms with Crippen LogP contribution in [0.1, 0.15) is 59.7 Å². The van der Waals surface area contributed by atoms with Crippen LogP contribution >= 0.6 is 0 Å². The number of amides is 1. The first kappa shape index (κ1) is 24.0. The van der Waals surface area contributed by atoms with Gasteiger partial charge in [-0.25, -0.2) is 0 Å². The fourth-order valence-electron chi connectivity index (χ4n) is 4.82. The fraction of sp³-hybridized carbons (Fsp3) is 0.367. The summed E-state index contributed by atoms with van der Waals surface area (Å²) in [4.78, 5) is 18.3. The Morgan fingerprint density at radius 2 is 1.71 bits per heavy atom. The highest BCUT2D eigenvalue weighted by Gasteiger charge is 2.31. The Kier molecular flexibility index (Phi) is 7.69. The molecule has 0 N–H and O–H groups in total.